The van der Waals surface area contributed by atoms with Crippen molar-refractivity contribution in [3.05, 3.63) is 41.6 Å². The molecular formula is C27H37N5O2. The van der Waals surface area contributed by atoms with Gasteiger partial charge in [0.15, 0.2) is 0 Å². The van der Waals surface area contributed by atoms with Gasteiger partial charge in [-0.05, 0) is 88.4 Å². The van der Waals surface area contributed by atoms with E-state index in [-0.39, 0.29) is 11.9 Å². The summed E-state index contributed by atoms with van der Waals surface area (Å²) in [5.74, 6) is 2.59. The van der Waals surface area contributed by atoms with E-state index in [1.807, 2.05) is 29.2 Å². The smallest absolute Gasteiger partial charge is 0.259 e. The zero-order chi connectivity index (χ0) is 23.5. The van der Waals surface area contributed by atoms with Crippen molar-refractivity contribution >= 4 is 17.7 Å². The van der Waals surface area contributed by atoms with Gasteiger partial charge in [-0.1, -0.05) is 12.8 Å². The Kier molecular flexibility index (Phi) is 6.99. The summed E-state index contributed by atoms with van der Waals surface area (Å²) in [5.41, 5.74) is 1.81. The van der Waals surface area contributed by atoms with E-state index in [0.29, 0.717) is 36.4 Å². The van der Waals surface area contributed by atoms with E-state index in [9.17, 15) is 4.79 Å². The predicted molar refractivity (Wildman–Crippen MR) is 135 cm³/mol. The van der Waals surface area contributed by atoms with E-state index >= 15 is 0 Å². The van der Waals surface area contributed by atoms with Crippen molar-refractivity contribution in [2.75, 3.05) is 36.5 Å². The summed E-state index contributed by atoms with van der Waals surface area (Å²) in [6, 6.07) is 8.66. The van der Waals surface area contributed by atoms with Crippen LogP contribution in [0.25, 0.3) is 0 Å². The molecule has 7 heteroatoms. The molecule has 3 heterocycles. The molecule has 1 aromatic carbocycles. The molecule has 1 amide bonds. The lowest BCUT2D eigenvalue weighted by atomic mass is 9.94. The molecule has 0 bridgehead atoms. The molecule has 0 atom stereocenters. The minimum Gasteiger partial charge on any atom is -0.493 e. The van der Waals surface area contributed by atoms with E-state index in [0.717, 1.165) is 49.7 Å². The lowest BCUT2D eigenvalue weighted by molar-refractivity contribution is 0.0966. The van der Waals surface area contributed by atoms with Gasteiger partial charge in [0.25, 0.3) is 5.91 Å². The molecule has 1 aromatic heterocycles. The number of amides is 1. The van der Waals surface area contributed by atoms with Crippen LogP contribution in [0.3, 0.4) is 0 Å². The summed E-state index contributed by atoms with van der Waals surface area (Å²) in [6.45, 7) is 7.76. The number of aromatic nitrogens is 2. The highest BCUT2D eigenvalue weighted by Crippen LogP contribution is 2.30. The number of hydrogen-bond acceptors (Lipinski definition) is 6. The molecule has 1 saturated carbocycles. The Balaban J connectivity index is 1.35. The summed E-state index contributed by atoms with van der Waals surface area (Å²) in [6.07, 6.45) is 10.3. The Morgan fingerprint density at radius 2 is 1.97 bits per heavy atom. The van der Waals surface area contributed by atoms with Crippen molar-refractivity contribution < 1.29 is 9.53 Å². The Hall–Kier alpha value is -2.67. The number of carbonyl (C=O) groups excluding carboxylic acids is 1. The largest absolute Gasteiger partial charge is 0.493 e. The second-order valence-electron chi connectivity index (χ2n) is 10.3. The van der Waals surface area contributed by atoms with Crippen molar-refractivity contribution in [3.8, 4) is 5.75 Å². The maximum Gasteiger partial charge on any atom is 0.259 e. The van der Waals surface area contributed by atoms with Gasteiger partial charge < -0.3 is 15.0 Å². The third-order valence-electron chi connectivity index (χ3n) is 7.45. The lowest BCUT2D eigenvalue weighted by Gasteiger charge is -2.37. The zero-order valence-corrected chi connectivity index (χ0v) is 20.5. The van der Waals surface area contributed by atoms with Crippen molar-refractivity contribution in [3.63, 3.8) is 0 Å². The van der Waals surface area contributed by atoms with Crippen LogP contribution in [0.15, 0.2) is 30.5 Å². The van der Waals surface area contributed by atoms with Gasteiger partial charge in [-0.15, -0.1) is 0 Å². The van der Waals surface area contributed by atoms with Crippen LogP contribution >= 0.6 is 0 Å². The summed E-state index contributed by atoms with van der Waals surface area (Å²) < 4.78 is 5.65. The van der Waals surface area contributed by atoms with Crippen molar-refractivity contribution in [1.82, 2.24) is 14.9 Å². The molecule has 7 nitrogen and oxygen atoms in total. The van der Waals surface area contributed by atoms with Crippen LogP contribution in [0.1, 0.15) is 68.3 Å². The Labute approximate surface area is 202 Å². The van der Waals surface area contributed by atoms with Crippen LogP contribution < -0.4 is 15.0 Å². The highest BCUT2D eigenvalue weighted by Gasteiger charge is 2.30. The van der Waals surface area contributed by atoms with Crippen LogP contribution in [0.2, 0.25) is 0 Å². The van der Waals surface area contributed by atoms with Crippen LogP contribution in [0, 0.1) is 5.92 Å². The molecule has 1 aliphatic carbocycles. The summed E-state index contributed by atoms with van der Waals surface area (Å²) in [7, 11) is 0. The van der Waals surface area contributed by atoms with Gasteiger partial charge in [0.05, 0.1) is 6.61 Å². The van der Waals surface area contributed by atoms with Gasteiger partial charge in [-0.2, -0.15) is 4.98 Å². The predicted octanol–water partition coefficient (Wildman–Crippen LogP) is 4.53. The quantitative estimate of drug-likeness (QED) is 0.650. The number of anilines is 2. The molecule has 1 N–H and O–H groups in total. The zero-order valence-electron chi connectivity index (χ0n) is 20.5. The van der Waals surface area contributed by atoms with Crippen molar-refractivity contribution in [1.29, 1.82) is 0 Å². The first-order chi connectivity index (χ1) is 16.6. The first-order valence-corrected chi connectivity index (χ1v) is 13.0. The maximum absolute atomic E-state index is 13.8. The molecule has 2 aliphatic heterocycles. The minimum absolute atomic E-state index is 0.00196. The monoisotopic (exact) mass is 463 g/mol. The van der Waals surface area contributed by atoms with Gasteiger partial charge in [-0.3, -0.25) is 9.69 Å². The number of piperidine rings is 1. The molecule has 5 rings (SSSR count). The number of carbonyl (C=O) groups is 1. The van der Waals surface area contributed by atoms with Crippen LogP contribution in [0.5, 0.6) is 5.75 Å². The SMILES string of the molecule is CC(C)Nc1nccc(N(CC2CCN(C3CCCC3)CC2)C(=O)c2ccc3c(c2)CCO3)n1. The fourth-order valence-corrected chi connectivity index (χ4v) is 5.61. The fraction of sp³-hybridized carbons (Fsp3) is 0.593. The van der Waals surface area contributed by atoms with Crippen LogP contribution in [-0.2, 0) is 6.42 Å². The first-order valence-electron chi connectivity index (χ1n) is 13.0. The Morgan fingerprint density at radius 3 is 2.74 bits per heavy atom. The highest BCUT2D eigenvalue weighted by atomic mass is 16.5. The number of likely N-dealkylation sites (tertiary alicyclic amines) is 1. The second kappa shape index (κ2) is 10.3. The molecule has 0 unspecified atom stereocenters. The number of nitrogens with one attached hydrogen (secondary N) is 1. The topological polar surface area (TPSA) is 70.6 Å². The molecule has 1 saturated heterocycles. The van der Waals surface area contributed by atoms with E-state index in [4.69, 9.17) is 9.72 Å². The van der Waals surface area contributed by atoms with Gasteiger partial charge in [-0.25, -0.2) is 4.98 Å². The number of rotatable bonds is 7. The molecule has 0 spiro atoms. The Bertz CT molecular complexity index is 996. The second-order valence-corrected chi connectivity index (χ2v) is 10.3. The molecule has 34 heavy (non-hydrogen) atoms. The van der Waals surface area contributed by atoms with Gasteiger partial charge in [0.1, 0.15) is 11.6 Å². The van der Waals surface area contributed by atoms with E-state index in [1.165, 1.54) is 25.7 Å². The van der Waals surface area contributed by atoms with Gasteiger partial charge in [0.2, 0.25) is 5.95 Å². The third kappa shape index (κ3) is 5.19. The van der Waals surface area contributed by atoms with E-state index < -0.39 is 0 Å². The lowest BCUT2D eigenvalue weighted by Crippen LogP contribution is -2.44. The summed E-state index contributed by atoms with van der Waals surface area (Å²) in [5, 5.41) is 3.27. The van der Waals surface area contributed by atoms with Crippen LogP contribution in [-0.4, -0.2) is 59.1 Å². The fourth-order valence-electron chi connectivity index (χ4n) is 5.61. The maximum atomic E-state index is 13.8. The van der Waals surface area contributed by atoms with Crippen LogP contribution in [0.4, 0.5) is 11.8 Å². The van der Waals surface area contributed by atoms with Crippen molar-refractivity contribution in [2.24, 2.45) is 5.92 Å². The molecule has 182 valence electrons. The first kappa shape index (κ1) is 23.1. The molecule has 3 aliphatic rings. The number of ether oxygens (including phenoxy) is 1. The van der Waals surface area contributed by atoms with Crippen molar-refractivity contribution in [2.45, 2.75) is 70.9 Å². The van der Waals surface area contributed by atoms with E-state index in [1.54, 1.807) is 6.20 Å². The molecule has 2 fully saturated rings. The molecule has 2 aromatic rings. The number of fused-ring (bicyclic) bond motifs is 1. The number of benzene rings is 1. The number of hydrogen-bond donors (Lipinski definition) is 1. The van der Waals surface area contributed by atoms with E-state index in [2.05, 4.69) is 29.0 Å². The third-order valence-corrected chi connectivity index (χ3v) is 7.45. The minimum atomic E-state index is 0.00196. The average molecular weight is 464 g/mol. The van der Waals surface area contributed by atoms with Gasteiger partial charge >= 0.3 is 0 Å². The summed E-state index contributed by atoms with van der Waals surface area (Å²) >= 11 is 0. The Morgan fingerprint density at radius 1 is 1.18 bits per heavy atom. The number of nitrogens with zero attached hydrogens (tertiary/aromatic N) is 4. The molecule has 0 radical (unpaired) electrons. The highest BCUT2D eigenvalue weighted by molar-refractivity contribution is 6.05. The summed E-state index contributed by atoms with van der Waals surface area (Å²) in [4.78, 5) is 27.5. The normalized spacial score (nSPS) is 19.3. The average Bonchev–Trinajstić information content (AvgIpc) is 3.54. The van der Waals surface area contributed by atoms with Gasteiger partial charge in [0, 0.05) is 36.8 Å². The molecular weight excluding hydrogens is 426 g/mol. The standard InChI is InChI=1S/C27H37N5O2/c1-19(2)29-27-28-13-9-25(30-27)32(26(33)22-7-8-24-21(17-22)12-16-34-24)18-20-10-14-31(15-11-20)23-5-3-4-6-23/h7-9,13,17,19-20,23H,3-6,10-12,14-16,18H2,1-2H3,(H,28,29,30).